The number of hydrogen-bond donors (Lipinski definition) is 1. The molecule has 0 fully saturated rings. The third-order valence-electron chi connectivity index (χ3n) is 2.41. The van der Waals surface area contributed by atoms with Crippen LogP contribution in [-0.4, -0.2) is 36.6 Å². The van der Waals surface area contributed by atoms with E-state index >= 15 is 0 Å². The Morgan fingerprint density at radius 1 is 1.47 bits per heavy atom. The zero-order chi connectivity index (χ0) is 12.8. The zero-order valence-corrected chi connectivity index (χ0v) is 12.6. The molecule has 0 radical (unpaired) electrons. The number of nitrogens with one attached hydrogen (secondary N) is 1. The van der Waals surface area contributed by atoms with Crippen molar-refractivity contribution in [3.63, 3.8) is 0 Å². The highest BCUT2D eigenvalue weighted by Gasteiger charge is 2.12. The summed E-state index contributed by atoms with van der Waals surface area (Å²) in [6.07, 6.45) is 2.89. The highest BCUT2D eigenvalue weighted by Crippen LogP contribution is 2.18. The van der Waals surface area contributed by atoms with Crippen molar-refractivity contribution in [1.29, 1.82) is 0 Å². The van der Waals surface area contributed by atoms with Crippen LogP contribution in [0.4, 0.5) is 0 Å². The van der Waals surface area contributed by atoms with Crippen molar-refractivity contribution in [3.05, 3.63) is 15.5 Å². The molecular formula is C12H22ClN3S. The Morgan fingerprint density at radius 2 is 2.18 bits per heavy atom. The van der Waals surface area contributed by atoms with Crippen molar-refractivity contribution in [2.75, 3.05) is 20.6 Å². The van der Waals surface area contributed by atoms with Crippen LogP contribution in [0.25, 0.3) is 0 Å². The molecule has 0 aliphatic rings. The van der Waals surface area contributed by atoms with Crippen molar-refractivity contribution in [1.82, 2.24) is 15.2 Å². The molecule has 0 aromatic carbocycles. The lowest BCUT2D eigenvalue weighted by atomic mass is 10.0. The van der Waals surface area contributed by atoms with Crippen LogP contribution >= 0.6 is 22.9 Å². The summed E-state index contributed by atoms with van der Waals surface area (Å²) in [4.78, 5) is 6.47. The van der Waals surface area contributed by atoms with Gasteiger partial charge in [0.25, 0.3) is 0 Å². The highest BCUT2D eigenvalue weighted by molar-refractivity contribution is 7.15. The standard InChI is InChI=1S/C12H22ClN3S/c1-9(2)5-10(8-16(3)4)14-7-12-15-6-11(13)17-12/h6,9-10,14H,5,7-8H2,1-4H3. The van der Waals surface area contributed by atoms with Gasteiger partial charge in [0.15, 0.2) is 0 Å². The Hall–Kier alpha value is -0.160. The average molecular weight is 276 g/mol. The van der Waals surface area contributed by atoms with E-state index in [0.717, 1.165) is 22.4 Å². The fourth-order valence-electron chi connectivity index (χ4n) is 1.83. The maximum absolute atomic E-state index is 5.86. The molecule has 1 N–H and O–H groups in total. The summed E-state index contributed by atoms with van der Waals surface area (Å²) in [7, 11) is 4.21. The summed E-state index contributed by atoms with van der Waals surface area (Å²) in [6, 6.07) is 0.507. The summed E-state index contributed by atoms with van der Waals surface area (Å²) in [5.41, 5.74) is 0. The van der Waals surface area contributed by atoms with Crippen molar-refractivity contribution in [3.8, 4) is 0 Å². The molecule has 98 valence electrons. The van der Waals surface area contributed by atoms with Crippen molar-refractivity contribution in [2.45, 2.75) is 32.9 Å². The molecule has 1 heterocycles. The minimum Gasteiger partial charge on any atom is -0.308 e. The SMILES string of the molecule is CC(C)CC(CN(C)C)NCc1ncc(Cl)s1. The second kappa shape index (κ2) is 7.31. The molecule has 1 aromatic rings. The van der Waals surface area contributed by atoms with Gasteiger partial charge in [-0.3, -0.25) is 0 Å². The van der Waals surface area contributed by atoms with E-state index in [9.17, 15) is 0 Å². The number of hydrogen-bond acceptors (Lipinski definition) is 4. The Kier molecular flexibility index (Phi) is 6.41. The smallest absolute Gasteiger partial charge is 0.113 e. The van der Waals surface area contributed by atoms with Crippen LogP contribution in [0.5, 0.6) is 0 Å². The summed E-state index contributed by atoms with van der Waals surface area (Å²) in [6.45, 7) is 6.37. The van der Waals surface area contributed by atoms with Crippen molar-refractivity contribution in [2.24, 2.45) is 5.92 Å². The first kappa shape index (κ1) is 14.9. The Morgan fingerprint density at radius 3 is 2.65 bits per heavy atom. The Balaban J connectivity index is 2.42. The maximum atomic E-state index is 5.86. The Bertz CT molecular complexity index is 315. The molecule has 3 nitrogen and oxygen atoms in total. The predicted molar refractivity (Wildman–Crippen MR) is 75.8 cm³/mol. The summed E-state index contributed by atoms with van der Waals surface area (Å²) in [5, 5.41) is 4.62. The van der Waals surface area contributed by atoms with Gasteiger partial charge in [-0.1, -0.05) is 25.4 Å². The van der Waals surface area contributed by atoms with Gasteiger partial charge in [0.1, 0.15) is 9.34 Å². The normalized spacial score (nSPS) is 13.6. The second-order valence-corrected chi connectivity index (χ2v) is 6.77. The highest BCUT2D eigenvalue weighted by atomic mass is 35.5. The topological polar surface area (TPSA) is 28.2 Å². The van der Waals surface area contributed by atoms with Crippen LogP contribution < -0.4 is 5.32 Å². The molecule has 0 saturated heterocycles. The number of rotatable bonds is 7. The first-order valence-corrected chi connectivity index (χ1v) is 7.15. The molecule has 1 aromatic heterocycles. The summed E-state index contributed by atoms with van der Waals surface area (Å²) < 4.78 is 0.759. The van der Waals surface area contributed by atoms with Crippen molar-refractivity contribution >= 4 is 22.9 Å². The van der Waals surface area contributed by atoms with Crippen LogP contribution in [0.15, 0.2) is 6.20 Å². The summed E-state index contributed by atoms with van der Waals surface area (Å²) >= 11 is 7.41. The monoisotopic (exact) mass is 275 g/mol. The van der Waals surface area contributed by atoms with Gasteiger partial charge < -0.3 is 10.2 Å². The predicted octanol–water partition coefficient (Wildman–Crippen LogP) is 2.86. The molecule has 0 spiro atoms. The van der Waals surface area contributed by atoms with Gasteiger partial charge in [0, 0.05) is 19.1 Å². The molecule has 0 aliphatic carbocycles. The lowest BCUT2D eigenvalue weighted by Crippen LogP contribution is -2.38. The third-order valence-corrected chi connectivity index (χ3v) is 3.52. The van der Waals surface area contributed by atoms with E-state index in [-0.39, 0.29) is 0 Å². The molecule has 0 aliphatic heterocycles. The minimum absolute atomic E-state index is 0.507. The van der Waals surface area contributed by atoms with Gasteiger partial charge in [0.2, 0.25) is 0 Å². The maximum Gasteiger partial charge on any atom is 0.113 e. The van der Waals surface area contributed by atoms with E-state index in [1.54, 1.807) is 17.5 Å². The third kappa shape index (κ3) is 6.36. The number of nitrogens with zero attached hydrogens (tertiary/aromatic N) is 2. The average Bonchev–Trinajstić information content (AvgIpc) is 2.59. The van der Waals surface area contributed by atoms with E-state index in [1.807, 2.05) is 0 Å². The largest absolute Gasteiger partial charge is 0.308 e. The van der Waals surface area contributed by atoms with Crippen LogP contribution in [0, 0.1) is 5.92 Å². The van der Waals surface area contributed by atoms with E-state index in [1.165, 1.54) is 6.42 Å². The minimum atomic E-state index is 0.507. The molecular weight excluding hydrogens is 254 g/mol. The lowest BCUT2D eigenvalue weighted by molar-refractivity contribution is 0.305. The first-order chi connectivity index (χ1) is 7.97. The van der Waals surface area contributed by atoms with Crippen molar-refractivity contribution < 1.29 is 0 Å². The first-order valence-electron chi connectivity index (χ1n) is 5.95. The molecule has 1 atom stereocenters. The molecule has 5 heteroatoms. The number of aromatic nitrogens is 1. The number of likely N-dealkylation sites (N-methyl/N-ethyl adjacent to an activating group) is 1. The van der Waals surface area contributed by atoms with Gasteiger partial charge in [-0.05, 0) is 26.4 Å². The lowest BCUT2D eigenvalue weighted by Gasteiger charge is -2.23. The number of halogens is 1. The van der Waals surface area contributed by atoms with Gasteiger partial charge in [-0.15, -0.1) is 11.3 Å². The molecule has 0 bridgehead atoms. The fourth-order valence-corrected chi connectivity index (χ4v) is 2.74. The molecule has 1 rings (SSSR count). The van der Waals surface area contributed by atoms with E-state index in [4.69, 9.17) is 11.6 Å². The molecule has 1 unspecified atom stereocenters. The Labute approximate surface area is 113 Å². The van der Waals surface area contributed by atoms with Gasteiger partial charge >= 0.3 is 0 Å². The van der Waals surface area contributed by atoms with Crippen LogP contribution in [-0.2, 0) is 6.54 Å². The van der Waals surface area contributed by atoms with E-state index in [2.05, 4.69) is 43.1 Å². The van der Waals surface area contributed by atoms with Gasteiger partial charge in [0.05, 0.1) is 6.20 Å². The van der Waals surface area contributed by atoms with Crippen LogP contribution in [0.1, 0.15) is 25.3 Å². The second-order valence-electron chi connectivity index (χ2n) is 5.03. The number of thiazole rings is 1. The quantitative estimate of drug-likeness (QED) is 0.829. The van der Waals surface area contributed by atoms with Crippen LogP contribution in [0.2, 0.25) is 4.34 Å². The van der Waals surface area contributed by atoms with E-state index in [0.29, 0.717) is 12.0 Å². The summed E-state index contributed by atoms with van der Waals surface area (Å²) in [5.74, 6) is 0.701. The zero-order valence-electron chi connectivity index (χ0n) is 11.0. The van der Waals surface area contributed by atoms with Gasteiger partial charge in [-0.2, -0.15) is 0 Å². The van der Waals surface area contributed by atoms with Gasteiger partial charge in [-0.25, -0.2) is 4.98 Å². The van der Waals surface area contributed by atoms with E-state index < -0.39 is 0 Å². The molecule has 0 saturated carbocycles. The molecule has 0 amide bonds. The molecule has 17 heavy (non-hydrogen) atoms. The van der Waals surface area contributed by atoms with Crippen LogP contribution in [0.3, 0.4) is 0 Å². The fraction of sp³-hybridized carbons (Fsp3) is 0.750.